The molecule has 8 nitrogen and oxygen atoms in total. The van der Waals surface area contributed by atoms with E-state index in [4.69, 9.17) is 9.88 Å². The number of ether oxygens (including phenoxy) is 1. The molecule has 0 aliphatic carbocycles. The van der Waals surface area contributed by atoms with Crippen LogP contribution in [0.4, 0.5) is 0 Å². The van der Waals surface area contributed by atoms with Gasteiger partial charge in [-0.25, -0.2) is 26.7 Å². The second-order valence-electron chi connectivity index (χ2n) is 6.58. The zero-order chi connectivity index (χ0) is 21.8. The summed E-state index contributed by atoms with van der Waals surface area (Å²) in [6.45, 7) is 2.06. The number of rotatable bonds is 8. The SMILES string of the molecule is CC(NS(=O)(=O)c1cccc(S(N)(=O)=O)c1)c1ccc(OCc2cccnc2)cc1. The lowest BCUT2D eigenvalue weighted by molar-refractivity contribution is 0.305. The molecule has 1 unspecified atom stereocenters. The van der Waals surface area contributed by atoms with E-state index < -0.39 is 26.1 Å². The summed E-state index contributed by atoms with van der Waals surface area (Å²) < 4.78 is 56.5. The third kappa shape index (κ3) is 5.63. The number of primary sulfonamides is 1. The molecular formula is C20H21N3O5S2. The van der Waals surface area contributed by atoms with Crippen molar-refractivity contribution >= 4 is 20.0 Å². The van der Waals surface area contributed by atoms with E-state index in [0.717, 1.165) is 17.2 Å². The van der Waals surface area contributed by atoms with Gasteiger partial charge in [0.2, 0.25) is 20.0 Å². The molecule has 0 saturated heterocycles. The lowest BCUT2D eigenvalue weighted by Gasteiger charge is -2.16. The second-order valence-corrected chi connectivity index (χ2v) is 9.86. The van der Waals surface area contributed by atoms with Crippen molar-refractivity contribution in [3.8, 4) is 5.75 Å². The molecular weight excluding hydrogens is 426 g/mol. The fourth-order valence-corrected chi connectivity index (χ4v) is 4.60. The first-order valence-corrected chi connectivity index (χ1v) is 11.9. The summed E-state index contributed by atoms with van der Waals surface area (Å²) >= 11 is 0. The van der Waals surface area contributed by atoms with Crippen molar-refractivity contribution in [2.75, 3.05) is 0 Å². The molecule has 0 aliphatic rings. The number of nitrogens with one attached hydrogen (secondary N) is 1. The average molecular weight is 448 g/mol. The van der Waals surface area contributed by atoms with Crippen LogP contribution in [0.25, 0.3) is 0 Å². The minimum absolute atomic E-state index is 0.183. The van der Waals surface area contributed by atoms with Gasteiger partial charge in [-0.05, 0) is 48.9 Å². The standard InChI is InChI=1S/C20H21N3O5S2/c1-15(23-30(26,27)20-6-2-5-19(12-20)29(21,24)25)17-7-9-18(10-8-17)28-14-16-4-3-11-22-13-16/h2-13,15,23H,14H2,1H3,(H2,21,24,25). The zero-order valence-electron chi connectivity index (χ0n) is 16.1. The van der Waals surface area contributed by atoms with Crippen LogP contribution in [0.5, 0.6) is 5.75 Å². The van der Waals surface area contributed by atoms with Crippen LogP contribution < -0.4 is 14.6 Å². The third-order valence-corrected chi connectivity index (χ3v) is 6.73. The molecule has 3 aromatic rings. The molecule has 30 heavy (non-hydrogen) atoms. The molecule has 1 heterocycles. The van der Waals surface area contributed by atoms with Crippen molar-refractivity contribution in [1.29, 1.82) is 0 Å². The van der Waals surface area contributed by atoms with Gasteiger partial charge in [0.25, 0.3) is 0 Å². The highest BCUT2D eigenvalue weighted by molar-refractivity contribution is 7.90. The Labute approximate surface area is 175 Å². The molecule has 0 saturated carbocycles. The van der Waals surface area contributed by atoms with E-state index in [2.05, 4.69) is 9.71 Å². The van der Waals surface area contributed by atoms with E-state index >= 15 is 0 Å². The second kappa shape index (κ2) is 8.92. The minimum Gasteiger partial charge on any atom is -0.489 e. The van der Waals surface area contributed by atoms with Gasteiger partial charge in [-0.3, -0.25) is 4.98 Å². The first kappa shape index (κ1) is 21.9. The van der Waals surface area contributed by atoms with Crippen LogP contribution in [0, 0.1) is 0 Å². The molecule has 0 spiro atoms. The lowest BCUT2D eigenvalue weighted by atomic mass is 10.1. The van der Waals surface area contributed by atoms with E-state index in [1.807, 2.05) is 12.1 Å². The molecule has 3 rings (SSSR count). The Morgan fingerprint density at radius 2 is 1.70 bits per heavy atom. The molecule has 0 amide bonds. The van der Waals surface area contributed by atoms with Crippen molar-refractivity contribution in [2.24, 2.45) is 5.14 Å². The summed E-state index contributed by atoms with van der Waals surface area (Å²) in [7, 11) is -7.96. The number of sulfonamides is 2. The molecule has 1 aromatic heterocycles. The van der Waals surface area contributed by atoms with Gasteiger partial charge >= 0.3 is 0 Å². The van der Waals surface area contributed by atoms with Crippen LogP contribution in [0.3, 0.4) is 0 Å². The maximum absolute atomic E-state index is 12.6. The quantitative estimate of drug-likeness (QED) is 0.545. The lowest BCUT2D eigenvalue weighted by Crippen LogP contribution is -2.27. The van der Waals surface area contributed by atoms with E-state index in [0.29, 0.717) is 12.4 Å². The summed E-state index contributed by atoms with van der Waals surface area (Å²) in [6.07, 6.45) is 3.40. The fraction of sp³-hybridized carbons (Fsp3) is 0.150. The zero-order valence-corrected chi connectivity index (χ0v) is 17.7. The largest absolute Gasteiger partial charge is 0.489 e. The number of hydrogen-bond donors (Lipinski definition) is 2. The first-order valence-electron chi connectivity index (χ1n) is 8.92. The van der Waals surface area contributed by atoms with Crippen LogP contribution in [0.15, 0.2) is 82.8 Å². The van der Waals surface area contributed by atoms with E-state index in [9.17, 15) is 16.8 Å². The van der Waals surface area contributed by atoms with Crippen molar-refractivity contribution in [2.45, 2.75) is 29.4 Å². The average Bonchev–Trinajstić information content (AvgIpc) is 2.72. The number of nitrogens with zero attached hydrogens (tertiary/aromatic N) is 1. The molecule has 3 N–H and O–H groups in total. The Hall–Kier alpha value is -2.79. The van der Waals surface area contributed by atoms with Crippen molar-refractivity contribution in [1.82, 2.24) is 9.71 Å². The number of pyridine rings is 1. The van der Waals surface area contributed by atoms with Crippen LogP contribution in [0.1, 0.15) is 24.1 Å². The van der Waals surface area contributed by atoms with Gasteiger partial charge in [0.1, 0.15) is 12.4 Å². The van der Waals surface area contributed by atoms with Crippen molar-refractivity contribution in [3.63, 3.8) is 0 Å². The van der Waals surface area contributed by atoms with Crippen molar-refractivity contribution in [3.05, 3.63) is 84.2 Å². The van der Waals surface area contributed by atoms with Gasteiger partial charge in [0.05, 0.1) is 9.79 Å². The Bertz CT molecular complexity index is 1210. The maximum atomic E-state index is 12.6. The highest BCUT2D eigenvalue weighted by Crippen LogP contribution is 2.21. The van der Waals surface area contributed by atoms with E-state index in [1.165, 1.54) is 18.2 Å². The minimum atomic E-state index is -4.01. The molecule has 0 radical (unpaired) electrons. The Balaban J connectivity index is 1.68. The van der Waals surface area contributed by atoms with Gasteiger partial charge < -0.3 is 4.74 Å². The van der Waals surface area contributed by atoms with Gasteiger partial charge in [0.15, 0.2) is 0 Å². The van der Waals surface area contributed by atoms with Crippen LogP contribution in [0.2, 0.25) is 0 Å². The predicted octanol–water partition coefficient (Wildman–Crippen LogP) is 2.35. The highest BCUT2D eigenvalue weighted by atomic mass is 32.2. The Morgan fingerprint density at radius 1 is 1.00 bits per heavy atom. The van der Waals surface area contributed by atoms with E-state index in [-0.39, 0.29) is 9.79 Å². The maximum Gasteiger partial charge on any atom is 0.241 e. The number of benzene rings is 2. The molecule has 0 bridgehead atoms. The summed E-state index contributed by atoms with van der Waals surface area (Å²) in [5.74, 6) is 0.638. The number of hydrogen-bond acceptors (Lipinski definition) is 6. The van der Waals surface area contributed by atoms with Gasteiger partial charge in [0, 0.05) is 24.0 Å². The Morgan fingerprint density at radius 3 is 2.33 bits per heavy atom. The summed E-state index contributed by atoms with van der Waals surface area (Å²) in [5, 5.41) is 5.08. The van der Waals surface area contributed by atoms with Crippen LogP contribution in [-0.4, -0.2) is 21.8 Å². The van der Waals surface area contributed by atoms with Crippen LogP contribution >= 0.6 is 0 Å². The van der Waals surface area contributed by atoms with Crippen molar-refractivity contribution < 1.29 is 21.6 Å². The highest BCUT2D eigenvalue weighted by Gasteiger charge is 2.20. The molecule has 158 valence electrons. The fourth-order valence-electron chi connectivity index (χ4n) is 2.69. The van der Waals surface area contributed by atoms with Gasteiger partial charge in [-0.15, -0.1) is 0 Å². The normalized spacial score (nSPS) is 13.0. The van der Waals surface area contributed by atoms with E-state index in [1.54, 1.807) is 43.6 Å². The molecule has 1 atom stereocenters. The van der Waals surface area contributed by atoms with Gasteiger partial charge in [-0.2, -0.15) is 0 Å². The van der Waals surface area contributed by atoms with Gasteiger partial charge in [-0.1, -0.05) is 24.3 Å². The number of nitrogens with two attached hydrogens (primary N) is 1. The van der Waals surface area contributed by atoms with Crippen LogP contribution in [-0.2, 0) is 26.7 Å². The molecule has 2 aromatic carbocycles. The number of aromatic nitrogens is 1. The molecule has 0 fully saturated rings. The monoisotopic (exact) mass is 447 g/mol. The first-order chi connectivity index (χ1) is 14.1. The predicted molar refractivity (Wildman–Crippen MR) is 112 cm³/mol. The topological polar surface area (TPSA) is 128 Å². The molecule has 0 aliphatic heterocycles. The summed E-state index contributed by atoms with van der Waals surface area (Å²) in [6, 6.07) is 15.1. The third-order valence-electron chi connectivity index (χ3n) is 4.28. The Kier molecular flexibility index (Phi) is 6.52. The molecule has 10 heteroatoms. The smallest absolute Gasteiger partial charge is 0.241 e. The summed E-state index contributed by atoms with van der Waals surface area (Å²) in [4.78, 5) is 3.57. The summed E-state index contributed by atoms with van der Waals surface area (Å²) in [5.41, 5.74) is 1.65.